The molecule has 0 saturated carbocycles. The molecule has 0 N–H and O–H groups in total. The molecule has 0 aromatic carbocycles. The van der Waals surface area contributed by atoms with Crippen LogP contribution < -0.4 is 0 Å². The van der Waals surface area contributed by atoms with Crippen molar-refractivity contribution in [2.45, 2.75) is 0 Å². The SMILES string of the molecule is C1=C[O][Ga]=[CH]1. The van der Waals surface area contributed by atoms with Gasteiger partial charge in [0, 0.05) is 0 Å². The van der Waals surface area contributed by atoms with Crippen LogP contribution >= 0.6 is 0 Å². The van der Waals surface area contributed by atoms with E-state index in [2.05, 4.69) is 4.57 Å². The first-order valence-corrected chi connectivity index (χ1v) is 3.86. The van der Waals surface area contributed by atoms with Crippen LogP contribution in [0.3, 0.4) is 0 Å². The van der Waals surface area contributed by atoms with E-state index >= 15 is 0 Å². The fourth-order valence-electron chi connectivity index (χ4n) is 0.227. The van der Waals surface area contributed by atoms with Crippen LogP contribution in [-0.2, 0) is 3.53 Å². The Morgan fingerprint density at radius 2 is 2.60 bits per heavy atom. The zero-order chi connectivity index (χ0) is 3.54. The van der Waals surface area contributed by atoms with Gasteiger partial charge in [0.05, 0.1) is 0 Å². The number of rotatable bonds is 0. The minimum absolute atomic E-state index is 0.312. The first-order chi connectivity index (χ1) is 2.50. The molecule has 1 nitrogen and oxygen atoms in total. The van der Waals surface area contributed by atoms with E-state index in [9.17, 15) is 0 Å². The van der Waals surface area contributed by atoms with E-state index in [0.29, 0.717) is 0 Å². The third-order valence-electron chi connectivity index (χ3n) is 0.425. The molecule has 2 heteroatoms. The standard InChI is InChI=1S/C3H4O.Ga/c1-2-3-4;/h1-4H;/q;+1/p-1. The predicted molar refractivity (Wildman–Crippen MR) is 22.0 cm³/mol. The molecule has 0 fully saturated rings. The zero-order valence-corrected chi connectivity index (χ0v) is 5.14. The van der Waals surface area contributed by atoms with Gasteiger partial charge in [0.1, 0.15) is 0 Å². The summed E-state index contributed by atoms with van der Waals surface area (Å²) in [5, 5.41) is 0. The van der Waals surface area contributed by atoms with Gasteiger partial charge in [-0.1, -0.05) is 0 Å². The van der Waals surface area contributed by atoms with Crippen molar-refractivity contribution < 1.29 is 3.53 Å². The number of hydrogen-bond acceptors (Lipinski definition) is 1. The molecule has 24 valence electrons. The van der Waals surface area contributed by atoms with E-state index in [4.69, 9.17) is 3.53 Å². The molecule has 0 radical (unpaired) electrons. The summed E-state index contributed by atoms with van der Waals surface area (Å²) in [7, 11) is 0. The van der Waals surface area contributed by atoms with Gasteiger partial charge in [-0.25, -0.2) is 0 Å². The maximum atomic E-state index is 4.86. The van der Waals surface area contributed by atoms with Crippen LogP contribution in [0.15, 0.2) is 12.3 Å². The van der Waals surface area contributed by atoms with Crippen LogP contribution in [0.25, 0.3) is 0 Å². The Hall–Kier alpha value is 0.0464. The Kier molecular flexibility index (Phi) is 0.957. The second kappa shape index (κ2) is 1.47. The second-order valence-electron chi connectivity index (χ2n) is 0.793. The Labute approximate surface area is 38.4 Å². The molecule has 1 rings (SSSR count). The second-order valence-corrected chi connectivity index (χ2v) is 2.74. The van der Waals surface area contributed by atoms with Crippen molar-refractivity contribution in [3.05, 3.63) is 12.3 Å². The summed E-state index contributed by atoms with van der Waals surface area (Å²) in [6.07, 6.45) is 3.71. The van der Waals surface area contributed by atoms with Crippen molar-refractivity contribution in [2.75, 3.05) is 0 Å². The van der Waals surface area contributed by atoms with E-state index in [1.165, 1.54) is 0 Å². The van der Waals surface area contributed by atoms with E-state index in [0.717, 1.165) is 0 Å². The summed E-state index contributed by atoms with van der Waals surface area (Å²) in [5.41, 5.74) is 0. The molecule has 0 aliphatic carbocycles. The van der Waals surface area contributed by atoms with Gasteiger partial charge in [-0.3, -0.25) is 0 Å². The van der Waals surface area contributed by atoms with Crippen molar-refractivity contribution in [1.82, 2.24) is 0 Å². The average molecular weight is 125 g/mol. The van der Waals surface area contributed by atoms with Crippen LogP contribution in [-0.4, -0.2) is 21.9 Å². The van der Waals surface area contributed by atoms with Crippen LogP contribution in [0.2, 0.25) is 0 Å². The quantitative estimate of drug-likeness (QED) is 0.412. The van der Waals surface area contributed by atoms with Crippen molar-refractivity contribution >= 4 is 21.9 Å². The van der Waals surface area contributed by atoms with Gasteiger partial charge in [0.25, 0.3) is 0 Å². The molecule has 0 unspecified atom stereocenters. The number of allylic oxidation sites excluding steroid dienone is 1. The summed E-state index contributed by atoms with van der Waals surface area (Å²) < 4.78 is 6.98. The van der Waals surface area contributed by atoms with Crippen LogP contribution in [0.5, 0.6) is 0 Å². The minimum atomic E-state index is -0.312. The summed E-state index contributed by atoms with van der Waals surface area (Å²) in [4.78, 5) is 0. The third-order valence-corrected chi connectivity index (χ3v) is 1.88. The molecule has 0 spiro atoms. The van der Waals surface area contributed by atoms with E-state index in [1.54, 1.807) is 6.26 Å². The molecule has 0 amide bonds. The molecule has 0 bridgehead atoms. The molecular weight excluding hydrogens is 122 g/mol. The van der Waals surface area contributed by atoms with Crippen molar-refractivity contribution in [2.24, 2.45) is 0 Å². The van der Waals surface area contributed by atoms with Crippen LogP contribution in [0, 0.1) is 0 Å². The van der Waals surface area contributed by atoms with E-state index in [1.807, 2.05) is 6.08 Å². The predicted octanol–water partition coefficient (Wildman–Crippen LogP) is -0.0483. The molecule has 0 saturated heterocycles. The third kappa shape index (κ3) is 0.665. The van der Waals surface area contributed by atoms with Crippen molar-refractivity contribution in [3.63, 3.8) is 0 Å². The maximum absolute atomic E-state index is 4.86. The molecule has 1 heterocycles. The monoisotopic (exact) mass is 124 g/mol. The Morgan fingerprint density at radius 1 is 1.60 bits per heavy atom. The first kappa shape index (κ1) is 3.24. The summed E-state index contributed by atoms with van der Waals surface area (Å²) >= 11 is -0.312. The van der Waals surface area contributed by atoms with Crippen LogP contribution in [0.1, 0.15) is 0 Å². The van der Waals surface area contributed by atoms with Gasteiger partial charge in [-0.15, -0.1) is 0 Å². The van der Waals surface area contributed by atoms with E-state index < -0.39 is 0 Å². The summed E-state index contributed by atoms with van der Waals surface area (Å²) in [6, 6.07) is 0. The van der Waals surface area contributed by atoms with Gasteiger partial charge >= 0.3 is 37.8 Å². The van der Waals surface area contributed by atoms with Crippen molar-refractivity contribution in [3.8, 4) is 0 Å². The fraction of sp³-hybridized carbons (Fsp3) is 0. The van der Waals surface area contributed by atoms with Gasteiger partial charge in [0.2, 0.25) is 0 Å². The molecule has 1 aliphatic rings. The topological polar surface area (TPSA) is 9.23 Å². The zero-order valence-electron chi connectivity index (χ0n) is 2.72. The molecule has 1 aliphatic heterocycles. The Morgan fingerprint density at radius 3 is 2.80 bits per heavy atom. The molecule has 5 heavy (non-hydrogen) atoms. The van der Waals surface area contributed by atoms with Gasteiger partial charge in [-0.05, 0) is 0 Å². The van der Waals surface area contributed by atoms with Crippen molar-refractivity contribution in [1.29, 1.82) is 0 Å². The van der Waals surface area contributed by atoms with Gasteiger partial charge < -0.3 is 0 Å². The Balaban J connectivity index is 2.61. The summed E-state index contributed by atoms with van der Waals surface area (Å²) in [6.45, 7) is 0. The van der Waals surface area contributed by atoms with E-state index in [-0.39, 0.29) is 17.3 Å². The normalized spacial score (nSPS) is 14.4. The Bertz CT molecular complexity index is 65.0. The molecule has 0 aromatic heterocycles. The molecule has 0 aromatic rings. The first-order valence-electron chi connectivity index (χ1n) is 1.47. The van der Waals surface area contributed by atoms with Gasteiger partial charge in [0.15, 0.2) is 0 Å². The fourth-order valence-corrected chi connectivity index (χ4v) is 1.18. The average Bonchev–Trinajstić information content (AvgIpc) is 1.76. The van der Waals surface area contributed by atoms with Gasteiger partial charge in [-0.2, -0.15) is 0 Å². The molecule has 0 atom stereocenters. The summed E-state index contributed by atoms with van der Waals surface area (Å²) in [5.74, 6) is 0. The molecular formula is C3H3GaO. The number of hydrogen-bond donors (Lipinski definition) is 0. The van der Waals surface area contributed by atoms with Crippen LogP contribution in [0.4, 0.5) is 0 Å².